The number of anilines is 1. The van der Waals surface area contributed by atoms with E-state index in [1.807, 2.05) is 80.0 Å². The minimum atomic E-state index is -0.0649. The van der Waals surface area contributed by atoms with Crippen molar-refractivity contribution in [3.05, 3.63) is 84.2 Å². The number of carbonyl (C=O) groups is 1. The molecule has 4 nitrogen and oxygen atoms in total. The zero-order chi connectivity index (χ0) is 17.6. The van der Waals surface area contributed by atoms with Gasteiger partial charge in [0.15, 0.2) is 0 Å². The topological polar surface area (TPSA) is 43.3 Å². The second-order valence-electron chi connectivity index (χ2n) is 5.99. The Morgan fingerprint density at radius 2 is 1.72 bits per heavy atom. The van der Waals surface area contributed by atoms with Crippen LogP contribution in [0.5, 0.6) is 5.75 Å². The van der Waals surface area contributed by atoms with E-state index in [0.29, 0.717) is 6.42 Å². The van der Waals surface area contributed by atoms with Crippen molar-refractivity contribution in [1.82, 2.24) is 4.57 Å². The van der Waals surface area contributed by atoms with Crippen LogP contribution in [0.4, 0.5) is 5.69 Å². The monoisotopic (exact) mass is 334 g/mol. The molecule has 0 bridgehead atoms. The highest BCUT2D eigenvalue weighted by atomic mass is 16.5. The number of hydrogen-bond donors (Lipinski definition) is 1. The van der Waals surface area contributed by atoms with Gasteiger partial charge in [-0.2, -0.15) is 0 Å². The van der Waals surface area contributed by atoms with Crippen molar-refractivity contribution >= 4 is 11.6 Å². The number of amides is 1. The number of nitrogens with zero attached hydrogens (tertiary/aromatic N) is 1. The van der Waals surface area contributed by atoms with Crippen molar-refractivity contribution in [2.45, 2.75) is 19.4 Å². The molecule has 3 rings (SSSR count). The standard InChI is InChI=1S/C21H22N2O2/c1-16-7-3-4-8-19(16)22-21(24)15-20(23-13-5-6-14-23)17-9-11-18(25-2)12-10-17/h3-14,20H,15H2,1-2H3,(H,22,24)/t20-/m1/s1. The number of methoxy groups -OCH3 is 1. The van der Waals surface area contributed by atoms with Crippen LogP contribution < -0.4 is 10.1 Å². The van der Waals surface area contributed by atoms with Gasteiger partial charge in [-0.3, -0.25) is 4.79 Å². The zero-order valence-electron chi connectivity index (χ0n) is 14.5. The molecule has 1 N–H and O–H groups in total. The molecule has 1 aromatic heterocycles. The molecule has 0 saturated carbocycles. The number of para-hydroxylation sites is 1. The van der Waals surface area contributed by atoms with E-state index in [-0.39, 0.29) is 11.9 Å². The summed E-state index contributed by atoms with van der Waals surface area (Å²) in [5.41, 5.74) is 2.98. The summed E-state index contributed by atoms with van der Waals surface area (Å²) in [6.07, 6.45) is 4.32. The molecule has 0 aliphatic carbocycles. The molecule has 0 spiro atoms. The summed E-state index contributed by atoms with van der Waals surface area (Å²) in [5.74, 6) is 0.795. The first-order valence-corrected chi connectivity index (χ1v) is 8.29. The summed E-state index contributed by atoms with van der Waals surface area (Å²) in [4.78, 5) is 12.6. The molecule has 128 valence electrons. The van der Waals surface area contributed by atoms with Gasteiger partial charge in [-0.05, 0) is 48.4 Å². The molecule has 2 aromatic carbocycles. The van der Waals surface area contributed by atoms with E-state index in [1.54, 1.807) is 7.11 Å². The van der Waals surface area contributed by atoms with E-state index in [9.17, 15) is 4.79 Å². The molecule has 0 aliphatic rings. The maximum Gasteiger partial charge on any atom is 0.226 e. The second-order valence-corrected chi connectivity index (χ2v) is 5.99. The van der Waals surface area contributed by atoms with Crippen LogP contribution >= 0.6 is 0 Å². The highest BCUT2D eigenvalue weighted by molar-refractivity contribution is 5.92. The highest BCUT2D eigenvalue weighted by Crippen LogP contribution is 2.25. The van der Waals surface area contributed by atoms with E-state index in [4.69, 9.17) is 4.74 Å². The number of aromatic nitrogens is 1. The molecule has 1 amide bonds. The smallest absolute Gasteiger partial charge is 0.226 e. The van der Waals surface area contributed by atoms with Crippen LogP contribution in [0, 0.1) is 6.92 Å². The van der Waals surface area contributed by atoms with Crippen molar-refractivity contribution in [2.75, 3.05) is 12.4 Å². The number of benzene rings is 2. The first-order valence-electron chi connectivity index (χ1n) is 8.29. The molecular formula is C21H22N2O2. The third kappa shape index (κ3) is 4.10. The van der Waals surface area contributed by atoms with Gasteiger partial charge in [0.1, 0.15) is 5.75 Å². The van der Waals surface area contributed by atoms with Crippen LogP contribution in [0.2, 0.25) is 0 Å². The van der Waals surface area contributed by atoms with Gasteiger partial charge in [-0.25, -0.2) is 0 Å². The molecule has 3 aromatic rings. The summed E-state index contributed by atoms with van der Waals surface area (Å²) in [7, 11) is 1.65. The largest absolute Gasteiger partial charge is 0.497 e. The number of nitrogens with one attached hydrogen (secondary N) is 1. The zero-order valence-corrected chi connectivity index (χ0v) is 14.5. The molecule has 1 atom stereocenters. The lowest BCUT2D eigenvalue weighted by atomic mass is 10.0. The van der Waals surface area contributed by atoms with Gasteiger partial charge in [-0.1, -0.05) is 30.3 Å². The average molecular weight is 334 g/mol. The molecule has 25 heavy (non-hydrogen) atoms. The van der Waals surface area contributed by atoms with Gasteiger partial charge in [-0.15, -0.1) is 0 Å². The van der Waals surface area contributed by atoms with E-state index in [2.05, 4.69) is 9.88 Å². The first kappa shape index (κ1) is 16.8. The SMILES string of the molecule is COc1ccc([C@@H](CC(=O)Nc2ccccc2C)n2cccc2)cc1. The quantitative estimate of drug-likeness (QED) is 0.725. The summed E-state index contributed by atoms with van der Waals surface area (Å²) in [6, 6.07) is 19.5. The Hall–Kier alpha value is -3.01. The molecular weight excluding hydrogens is 312 g/mol. The summed E-state index contributed by atoms with van der Waals surface area (Å²) >= 11 is 0. The van der Waals surface area contributed by atoms with Crippen LogP contribution in [0.1, 0.15) is 23.6 Å². The van der Waals surface area contributed by atoms with Gasteiger partial charge >= 0.3 is 0 Å². The Labute approximate surface area is 148 Å². The normalized spacial score (nSPS) is 11.8. The number of carbonyl (C=O) groups excluding carboxylic acids is 1. The first-order chi connectivity index (χ1) is 12.2. The second kappa shape index (κ2) is 7.71. The van der Waals surface area contributed by atoms with Gasteiger partial charge in [0.25, 0.3) is 0 Å². The van der Waals surface area contributed by atoms with E-state index >= 15 is 0 Å². The minimum Gasteiger partial charge on any atom is -0.497 e. The fourth-order valence-electron chi connectivity index (χ4n) is 2.87. The van der Waals surface area contributed by atoms with Crippen molar-refractivity contribution in [3.8, 4) is 5.75 Å². The van der Waals surface area contributed by atoms with Crippen molar-refractivity contribution in [1.29, 1.82) is 0 Å². The summed E-state index contributed by atoms with van der Waals surface area (Å²) < 4.78 is 7.28. The summed E-state index contributed by atoms with van der Waals surface area (Å²) in [6.45, 7) is 1.99. The fourth-order valence-corrected chi connectivity index (χ4v) is 2.87. The third-order valence-electron chi connectivity index (χ3n) is 4.29. The van der Waals surface area contributed by atoms with Crippen molar-refractivity contribution < 1.29 is 9.53 Å². The van der Waals surface area contributed by atoms with Gasteiger partial charge in [0.2, 0.25) is 5.91 Å². The van der Waals surface area contributed by atoms with E-state index in [0.717, 1.165) is 22.6 Å². The Morgan fingerprint density at radius 3 is 2.36 bits per heavy atom. The van der Waals surface area contributed by atoms with Crippen LogP contribution in [0.3, 0.4) is 0 Å². The lowest BCUT2D eigenvalue weighted by Crippen LogP contribution is -2.20. The number of rotatable bonds is 6. The van der Waals surface area contributed by atoms with Crippen LogP contribution in [0.25, 0.3) is 0 Å². The highest BCUT2D eigenvalue weighted by Gasteiger charge is 2.18. The van der Waals surface area contributed by atoms with Crippen LogP contribution in [0.15, 0.2) is 73.1 Å². The number of aryl methyl sites for hydroxylation is 1. The number of hydrogen-bond acceptors (Lipinski definition) is 2. The fraction of sp³-hybridized carbons (Fsp3) is 0.190. The molecule has 0 aliphatic heterocycles. The Kier molecular flexibility index (Phi) is 5.19. The van der Waals surface area contributed by atoms with Gasteiger partial charge in [0.05, 0.1) is 19.6 Å². The molecule has 1 heterocycles. The predicted molar refractivity (Wildman–Crippen MR) is 100.0 cm³/mol. The van der Waals surface area contributed by atoms with Gasteiger partial charge in [0, 0.05) is 18.1 Å². The summed E-state index contributed by atoms with van der Waals surface area (Å²) in [5, 5.41) is 3.02. The Morgan fingerprint density at radius 1 is 1.04 bits per heavy atom. The van der Waals surface area contributed by atoms with Gasteiger partial charge < -0.3 is 14.6 Å². The molecule has 0 fully saturated rings. The molecule has 0 saturated heterocycles. The third-order valence-corrected chi connectivity index (χ3v) is 4.29. The maximum atomic E-state index is 12.6. The van der Waals surface area contributed by atoms with Crippen molar-refractivity contribution in [2.24, 2.45) is 0 Å². The molecule has 4 heteroatoms. The Balaban J connectivity index is 1.80. The average Bonchev–Trinajstić information content (AvgIpc) is 3.16. The minimum absolute atomic E-state index is 0.0104. The number of ether oxygens (including phenoxy) is 1. The molecule has 0 radical (unpaired) electrons. The molecule has 0 unspecified atom stereocenters. The van der Waals surface area contributed by atoms with Crippen LogP contribution in [-0.2, 0) is 4.79 Å². The predicted octanol–water partition coefficient (Wildman–Crippen LogP) is 4.42. The lowest BCUT2D eigenvalue weighted by molar-refractivity contribution is -0.116. The van der Waals surface area contributed by atoms with E-state index < -0.39 is 0 Å². The van der Waals surface area contributed by atoms with Crippen LogP contribution in [-0.4, -0.2) is 17.6 Å². The lowest BCUT2D eigenvalue weighted by Gasteiger charge is -2.20. The Bertz CT molecular complexity index is 823. The van der Waals surface area contributed by atoms with Crippen molar-refractivity contribution in [3.63, 3.8) is 0 Å². The maximum absolute atomic E-state index is 12.6. The van der Waals surface area contributed by atoms with E-state index in [1.165, 1.54) is 0 Å².